The highest BCUT2D eigenvalue weighted by Gasteiger charge is 2.25. The molecular formula is C22H28N2O. The summed E-state index contributed by atoms with van der Waals surface area (Å²) in [6, 6.07) is 14.3. The lowest BCUT2D eigenvalue weighted by Gasteiger charge is -2.25. The number of rotatable bonds is 5. The summed E-state index contributed by atoms with van der Waals surface area (Å²) in [5, 5.41) is 0. The number of aryl methyl sites for hydroxylation is 1. The van der Waals surface area contributed by atoms with Crippen molar-refractivity contribution in [2.24, 2.45) is 5.92 Å². The second kappa shape index (κ2) is 7.73. The van der Waals surface area contributed by atoms with Crippen molar-refractivity contribution in [2.75, 3.05) is 17.7 Å². The van der Waals surface area contributed by atoms with E-state index in [4.69, 9.17) is 5.73 Å². The summed E-state index contributed by atoms with van der Waals surface area (Å²) in [6.45, 7) is 2.87. The molecule has 0 atom stereocenters. The molecule has 0 spiro atoms. The molecule has 0 aliphatic heterocycles. The zero-order valence-corrected chi connectivity index (χ0v) is 15.3. The van der Waals surface area contributed by atoms with Crippen LogP contribution in [-0.4, -0.2) is 12.8 Å². The molecule has 132 valence electrons. The fraction of sp³-hybridized carbons (Fsp3) is 0.409. The normalized spacial score (nSPS) is 15.1. The minimum Gasteiger partial charge on any atom is -0.398 e. The SMILES string of the molecule is Cc1cc(N)c(C(=O)C2CCCCC2)cc1N(C)Cc1ccccc1. The fourth-order valence-electron chi connectivity index (χ4n) is 3.87. The lowest BCUT2D eigenvalue weighted by molar-refractivity contribution is 0.0890. The Morgan fingerprint density at radius 3 is 2.48 bits per heavy atom. The Kier molecular flexibility index (Phi) is 5.42. The number of carbonyl (C=O) groups is 1. The Balaban J connectivity index is 1.85. The third kappa shape index (κ3) is 4.04. The summed E-state index contributed by atoms with van der Waals surface area (Å²) in [6.07, 6.45) is 5.56. The van der Waals surface area contributed by atoms with E-state index < -0.39 is 0 Å². The molecule has 0 unspecified atom stereocenters. The van der Waals surface area contributed by atoms with Gasteiger partial charge in [0, 0.05) is 36.4 Å². The van der Waals surface area contributed by atoms with Crippen molar-refractivity contribution >= 4 is 17.2 Å². The van der Waals surface area contributed by atoms with Gasteiger partial charge in [-0.1, -0.05) is 49.6 Å². The van der Waals surface area contributed by atoms with Crippen LogP contribution < -0.4 is 10.6 Å². The molecule has 0 saturated heterocycles. The topological polar surface area (TPSA) is 46.3 Å². The number of hydrogen-bond acceptors (Lipinski definition) is 3. The van der Waals surface area contributed by atoms with E-state index in [-0.39, 0.29) is 11.7 Å². The van der Waals surface area contributed by atoms with E-state index in [2.05, 4.69) is 43.1 Å². The standard InChI is InChI=1S/C22H28N2O/c1-16-13-20(23)19(22(25)18-11-7-4-8-12-18)14-21(16)24(2)15-17-9-5-3-6-10-17/h3,5-6,9-10,13-14,18H,4,7-8,11-12,15,23H2,1-2H3. The first-order chi connectivity index (χ1) is 12.1. The summed E-state index contributed by atoms with van der Waals surface area (Å²) in [5.74, 6) is 0.373. The average Bonchev–Trinajstić information content (AvgIpc) is 2.63. The average molecular weight is 336 g/mol. The maximum absolute atomic E-state index is 13.0. The van der Waals surface area contributed by atoms with Crippen molar-refractivity contribution in [1.82, 2.24) is 0 Å². The zero-order chi connectivity index (χ0) is 17.8. The first-order valence-corrected chi connectivity index (χ1v) is 9.25. The van der Waals surface area contributed by atoms with E-state index in [0.29, 0.717) is 11.3 Å². The van der Waals surface area contributed by atoms with Gasteiger partial charge in [0.2, 0.25) is 0 Å². The van der Waals surface area contributed by atoms with Crippen molar-refractivity contribution in [2.45, 2.75) is 45.6 Å². The number of hydrogen-bond donors (Lipinski definition) is 1. The smallest absolute Gasteiger partial charge is 0.168 e. The summed E-state index contributed by atoms with van der Waals surface area (Å²) >= 11 is 0. The number of nitrogens with two attached hydrogens (primary N) is 1. The molecule has 0 amide bonds. The molecular weight excluding hydrogens is 308 g/mol. The van der Waals surface area contributed by atoms with E-state index in [1.165, 1.54) is 12.0 Å². The van der Waals surface area contributed by atoms with Gasteiger partial charge in [-0.15, -0.1) is 0 Å². The fourth-order valence-corrected chi connectivity index (χ4v) is 3.87. The third-order valence-electron chi connectivity index (χ3n) is 5.28. The van der Waals surface area contributed by atoms with Crippen molar-refractivity contribution in [3.8, 4) is 0 Å². The van der Waals surface area contributed by atoms with Gasteiger partial charge in [0.05, 0.1) is 0 Å². The van der Waals surface area contributed by atoms with Crippen LogP contribution in [0.4, 0.5) is 11.4 Å². The molecule has 1 aliphatic rings. The quantitative estimate of drug-likeness (QED) is 0.619. The van der Waals surface area contributed by atoms with Gasteiger partial charge in [0.15, 0.2) is 5.78 Å². The molecule has 2 aromatic carbocycles. The number of anilines is 2. The summed E-state index contributed by atoms with van der Waals surface area (Å²) in [5.41, 5.74) is 11.0. The van der Waals surface area contributed by atoms with E-state index in [9.17, 15) is 4.79 Å². The Bertz CT molecular complexity index is 733. The van der Waals surface area contributed by atoms with Crippen molar-refractivity contribution in [1.29, 1.82) is 0 Å². The van der Waals surface area contributed by atoms with Crippen LogP contribution in [0.1, 0.15) is 53.6 Å². The highest BCUT2D eigenvalue weighted by Crippen LogP contribution is 2.32. The Labute approximate surface area is 150 Å². The number of nitrogen functional groups attached to an aromatic ring is 1. The predicted molar refractivity (Wildman–Crippen MR) is 105 cm³/mol. The van der Waals surface area contributed by atoms with Crippen molar-refractivity contribution in [3.05, 3.63) is 59.2 Å². The molecule has 3 heteroatoms. The molecule has 25 heavy (non-hydrogen) atoms. The van der Waals surface area contributed by atoms with Crippen LogP contribution in [0.2, 0.25) is 0 Å². The number of Topliss-reactive ketones (excluding diaryl/α,β-unsaturated/α-hetero) is 1. The zero-order valence-electron chi connectivity index (χ0n) is 15.3. The second-order valence-electron chi connectivity index (χ2n) is 7.27. The molecule has 1 aliphatic carbocycles. The molecule has 1 fully saturated rings. The Hall–Kier alpha value is -2.29. The maximum atomic E-state index is 13.0. The van der Waals surface area contributed by atoms with Crippen LogP contribution in [0.25, 0.3) is 0 Å². The van der Waals surface area contributed by atoms with Crippen LogP contribution in [-0.2, 0) is 6.54 Å². The summed E-state index contributed by atoms with van der Waals surface area (Å²) in [7, 11) is 2.07. The predicted octanol–water partition coefficient (Wildman–Crippen LogP) is 4.98. The second-order valence-corrected chi connectivity index (χ2v) is 7.27. The van der Waals surface area contributed by atoms with Gasteiger partial charge in [-0.25, -0.2) is 0 Å². The van der Waals surface area contributed by atoms with Crippen LogP contribution >= 0.6 is 0 Å². The van der Waals surface area contributed by atoms with Gasteiger partial charge in [-0.2, -0.15) is 0 Å². The molecule has 0 aromatic heterocycles. The first kappa shape index (κ1) is 17.5. The monoisotopic (exact) mass is 336 g/mol. The van der Waals surface area contributed by atoms with E-state index >= 15 is 0 Å². The highest BCUT2D eigenvalue weighted by atomic mass is 16.1. The van der Waals surface area contributed by atoms with Gasteiger partial charge in [-0.05, 0) is 43.0 Å². The minimum atomic E-state index is 0.144. The third-order valence-corrected chi connectivity index (χ3v) is 5.28. The molecule has 0 bridgehead atoms. The van der Waals surface area contributed by atoms with Gasteiger partial charge in [0.25, 0.3) is 0 Å². The molecule has 2 N–H and O–H groups in total. The lowest BCUT2D eigenvalue weighted by atomic mass is 9.83. The first-order valence-electron chi connectivity index (χ1n) is 9.25. The number of carbonyl (C=O) groups excluding carboxylic acids is 1. The van der Waals surface area contributed by atoms with E-state index in [0.717, 1.165) is 43.5 Å². The Morgan fingerprint density at radius 1 is 1.12 bits per heavy atom. The molecule has 0 radical (unpaired) electrons. The molecule has 1 saturated carbocycles. The van der Waals surface area contributed by atoms with Crippen molar-refractivity contribution in [3.63, 3.8) is 0 Å². The van der Waals surface area contributed by atoms with Gasteiger partial charge in [-0.3, -0.25) is 4.79 Å². The summed E-state index contributed by atoms with van der Waals surface area (Å²) < 4.78 is 0. The summed E-state index contributed by atoms with van der Waals surface area (Å²) in [4.78, 5) is 15.2. The van der Waals surface area contributed by atoms with Crippen LogP contribution in [0, 0.1) is 12.8 Å². The molecule has 0 heterocycles. The minimum absolute atomic E-state index is 0.144. The maximum Gasteiger partial charge on any atom is 0.168 e. The van der Waals surface area contributed by atoms with Gasteiger partial charge >= 0.3 is 0 Å². The Morgan fingerprint density at radius 2 is 1.80 bits per heavy atom. The highest BCUT2D eigenvalue weighted by molar-refractivity contribution is 6.03. The van der Waals surface area contributed by atoms with E-state index in [1.54, 1.807) is 0 Å². The van der Waals surface area contributed by atoms with Gasteiger partial charge in [0.1, 0.15) is 0 Å². The molecule has 2 aromatic rings. The van der Waals surface area contributed by atoms with Crippen molar-refractivity contribution < 1.29 is 4.79 Å². The molecule has 3 rings (SSSR count). The van der Waals surface area contributed by atoms with E-state index in [1.807, 2.05) is 18.2 Å². The number of benzene rings is 2. The van der Waals surface area contributed by atoms with Gasteiger partial charge < -0.3 is 10.6 Å². The molecule has 3 nitrogen and oxygen atoms in total. The van der Waals surface area contributed by atoms with Crippen LogP contribution in [0.5, 0.6) is 0 Å². The van der Waals surface area contributed by atoms with Crippen LogP contribution in [0.15, 0.2) is 42.5 Å². The number of nitrogens with zero attached hydrogens (tertiary/aromatic N) is 1. The largest absolute Gasteiger partial charge is 0.398 e. The van der Waals surface area contributed by atoms with Crippen LogP contribution in [0.3, 0.4) is 0 Å². The number of ketones is 1. The lowest BCUT2D eigenvalue weighted by Crippen LogP contribution is -2.21.